The maximum atomic E-state index is 12.3. The first-order chi connectivity index (χ1) is 8.93. The second-order valence-electron chi connectivity index (χ2n) is 3.62. The number of benzene rings is 1. The number of hydrogen-bond acceptors (Lipinski definition) is 2. The van der Waals surface area contributed by atoms with Crippen LogP contribution in [0.3, 0.4) is 0 Å². The van der Waals surface area contributed by atoms with E-state index in [1.54, 1.807) is 12.2 Å². The van der Waals surface area contributed by atoms with Gasteiger partial charge in [0.25, 0.3) is 0 Å². The van der Waals surface area contributed by atoms with Crippen LogP contribution < -0.4 is 16.4 Å². The number of rotatable bonds is 4. The number of nitrogens with one attached hydrogen (secondary N) is 2. The van der Waals surface area contributed by atoms with Crippen molar-refractivity contribution >= 4 is 11.7 Å². The fraction of sp³-hybridized carbons (Fsp3) is 0.250. The second kappa shape index (κ2) is 6.79. The van der Waals surface area contributed by atoms with E-state index in [1.807, 2.05) is 0 Å². The van der Waals surface area contributed by atoms with Crippen molar-refractivity contribution in [2.75, 3.05) is 18.4 Å². The zero-order valence-electron chi connectivity index (χ0n) is 10.00. The van der Waals surface area contributed by atoms with E-state index in [2.05, 4.69) is 10.6 Å². The molecule has 0 saturated heterocycles. The molecule has 0 atom stereocenters. The molecule has 0 aliphatic carbocycles. The van der Waals surface area contributed by atoms with Gasteiger partial charge in [-0.1, -0.05) is 12.2 Å². The first-order valence-electron chi connectivity index (χ1n) is 5.50. The Morgan fingerprint density at radius 3 is 2.37 bits per heavy atom. The molecular weight excluding hydrogens is 259 g/mol. The maximum Gasteiger partial charge on any atom is 0.416 e. The molecule has 104 valence electrons. The summed E-state index contributed by atoms with van der Waals surface area (Å²) in [6.07, 6.45) is -1.03. The van der Waals surface area contributed by atoms with E-state index in [1.165, 1.54) is 12.1 Å². The average molecular weight is 273 g/mol. The third-order valence-corrected chi connectivity index (χ3v) is 2.15. The molecular formula is C12H14F3N3O. The van der Waals surface area contributed by atoms with Crippen molar-refractivity contribution in [2.45, 2.75) is 6.18 Å². The van der Waals surface area contributed by atoms with Gasteiger partial charge in [-0.25, -0.2) is 4.79 Å². The summed E-state index contributed by atoms with van der Waals surface area (Å²) < 4.78 is 36.9. The number of carbonyl (C=O) groups excluding carboxylic acids is 1. The molecule has 4 N–H and O–H groups in total. The highest BCUT2D eigenvalue weighted by atomic mass is 19.4. The van der Waals surface area contributed by atoms with Crippen LogP contribution in [0.1, 0.15) is 5.56 Å². The minimum Gasteiger partial charge on any atom is -0.334 e. The Kier molecular flexibility index (Phi) is 5.37. The molecule has 0 bridgehead atoms. The SMILES string of the molecule is NC/C=C/CNC(=O)Nc1ccc(C(F)(F)F)cc1. The lowest BCUT2D eigenvalue weighted by atomic mass is 10.2. The second-order valence-corrected chi connectivity index (χ2v) is 3.62. The van der Waals surface area contributed by atoms with Crippen LogP contribution in [0.2, 0.25) is 0 Å². The molecule has 2 amide bonds. The molecule has 4 nitrogen and oxygen atoms in total. The number of carbonyl (C=O) groups is 1. The first kappa shape index (κ1) is 15.0. The smallest absolute Gasteiger partial charge is 0.334 e. The van der Waals surface area contributed by atoms with E-state index >= 15 is 0 Å². The van der Waals surface area contributed by atoms with E-state index in [-0.39, 0.29) is 5.69 Å². The molecule has 0 saturated carbocycles. The lowest BCUT2D eigenvalue weighted by Crippen LogP contribution is -2.28. The lowest BCUT2D eigenvalue weighted by Gasteiger charge is -2.09. The lowest BCUT2D eigenvalue weighted by molar-refractivity contribution is -0.137. The highest BCUT2D eigenvalue weighted by Crippen LogP contribution is 2.29. The van der Waals surface area contributed by atoms with E-state index in [4.69, 9.17) is 5.73 Å². The number of amides is 2. The average Bonchev–Trinajstić information content (AvgIpc) is 2.34. The Bertz CT molecular complexity index is 441. The highest BCUT2D eigenvalue weighted by Gasteiger charge is 2.29. The van der Waals surface area contributed by atoms with Crippen molar-refractivity contribution in [2.24, 2.45) is 5.73 Å². The predicted molar refractivity (Wildman–Crippen MR) is 66.7 cm³/mol. The summed E-state index contributed by atoms with van der Waals surface area (Å²) in [5, 5.41) is 4.91. The standard InChI is InChI=1S/C12H14F3N3O/c13-12(14,15)9-3-5-10(6-4-9)18-11(19)17-8-2-1-7-16/h1-6H,7-8,16H2,(H2,17,18,19)/b2-1+. The van der Waals surface area contributed by atoms with E-state index in [0.717, 1.165) is 12.1 Å². The van der Waals surface area contributed by atoms with Gasteiger partial charge in [-0.3, -0.25) is 0 Å². The molecule has 0 fully saturated rings. The summed E-state index contributed by atoms with van der Waals surface area (Å²) in [7, 11) is 0. The molecule has 1 rings (SSSR count). The van der Waals surface area contributed by atoms with Gasteiger partial charge in [-0.05, 0) is 24.3 Å². The molecule has 19 heavy (non-hydrogen) atoms. The van der Waals surface area contributed by atoms with Gasteiger partial charge in [-0.15, -0.1) is 0 Å². The van der Waals surface area contributed by atoms with Gasteiger partial charge in [0.1, 0.15) is 0 Å². The molecule has 1 aromatic rings. The zero-order valence-corrected chi connectivity index (χ0v) is 10.00. The zero-order chi connectivity index (χ0) is 14.3. The fourth-order valence-corrected chi connectivity index (χ4v) is 1.25. The molecule has 7 heteroatoms. The van der Waals surface area contributed by atoms with E-state index in [9.17, 15) is 18.0 Å². The third kappa shape index (κ3) is 5.43. The normalized spacial score (nSPS) is 11.6. The van der Waals surface area contributed by atoms with Crippen LogP contribution in [0.4, 0.5) is 23.7 Å². The largest absolute Gasteiger partial charge is 0.416 e. The molecule has 0 unspecified atom stereocenters. The van der Waals surface area contributed by atoms with Crippen LogP contribution >= 0.6 is 0 Å². The number of nitrogens with two attached hydrogens (primary N) is 1. The van der Waals surface area contributed by atoms with Crippen LogP contribution in [0.5, 0.6) is 0 Å². The van der Waals surface area contributed by atoms with E-state index in [0.29, 0.717) is 13.1 Å². The minimum atomic E-state index is -4.38. The summed E-state index contributed by atoms with van der Waals surface area (Å²) in [5.74, 6) is 0. The van der Waals surface area contributed by atoms with Crippen LogP contribution in [-0.4, -0.2) is 19.1 Å². The number of urea groups is 1. The Morgan fingerprint density at radius 2 is 1.84 bits per heavy atom. The Morgan fingerprint density at radius 1 is 1.21 bits per heavy atom. The van der Waals surface area contributed by atoms with Crippen molar-refractivity contribution in [3.63, 3.8) is 0 Å². The number of alkyl halides is 3. The Labute approximate surface area is 108 Å². The molecule has 0 spiro atoms. The molecule has 0 radical (unpaired) electrons. The first-order valence-corrected chi connectivity index (χ1v) is 5.50. The summed E-state index contributed by atoms with van der Waals surface area (Å²) in [5.41, 5.74) is 4.74. The monoisotopic (exact) mass is 273 g/mol. The van der Waals surface area contributed by atoms with Gasteiger partial charge < -0.3 is 16.4 Å². The summed E-state index contributed by atoms with van der Waals surface area (Å²) in [6.45, 7) is 0.672. The van der Waals surface area contributed by atoms with Gasteiger partial charge >= 0.3 is 12.2 Å². The molecule has 1 aromatic carbocycles. The Balaban J connectivity index is 2.49. The van der Waals surface area contributed by atoms with Gasteiger partial charge in [0.2, 0.25) is 0 Å². The van der Waals surface area contributed by atoms with Gasteiger partial charge in [0.05, 0.1) is 5.56 Å². The van der Waals surface area contributed by atoms with Gasteiger partial charge in [-0.2, -0.15) is 13.2 Å². The number of halogens is 3. The summed E-state index contributed by atoms with van der Waals surface area (Å²) >= 11 is 0. The quantitative estimate of drug-likeness (QED) is 0.737. The van der Waals surface area contributed by atoms with Crippen LogP contribution in [0.15, 0.2) is 36.4 Å². The van der Waals surface area contributed by atoms with Gasteiger partial charge in [0.15, 0.2) is 0 Å². The number of anilines is 1. The van der Waals surface area contributed by atoms with Crippen molar-refractivity contribution in [1.82, 2.24) is 5.32 Å². The molecule has 0 aliphatic rings. The van der Waals surface area contributed by atoms with Crippen molar-refractivity contribution in [1.29, 1.82) is 0 Å². The highest BCUT2D eigenvalue weighted by molar-refractivity contribution is 5.89. The molecule has 0 aromatic heterocycles. The van der Waals surface area contributed by atoms with E-state index < -0.39 is 17.8 Å². The Hall–Kier alpha value is -2.02. The summed E-state index contributed by atoms with van der Waals surface area (Å²) in [4.78, 5) is 11.3. The number of hydrogen-bond donors (Lipinski definition) is 3. The minimum absolute atomic E-state index is 0.285. The topological polar surface area (TPSA) is 67.1 Å². The van der Waals surface area contributed by atoms with Crippen LogP contribution in [0.25, 0.3) is 0 Å². The van der Waals surface area contributed by atoms with Crippen LogP contribution in [-0.2, 0) is 6.18 Å². The fourth-order valence-electron chi connectivity index (χ4n) is 1.25. The van der Waals surface area contributed by atoms with Crippen molar-refractivity contribution in [3.8, 4) is 0 Å². The summed E-state index contributed by atoms with van der Waals surface area (Å²) in [6, 6.07) is 3.70. The third-order valence-electron chi connectivity index (χ3n) is 2.15. The van der Waals surface area contributed by atoms with Gasteiger partial charge in [0, 0.05) is 18.8 Å². The molecule has 0 aliphatic heterocycles. The maximum absolute atomic E-state index is 12.3. The van der Waals surface area contributed by atoms with Crippen molar-refractivity contribution < 1.29 is 18.0 Å². The van der Waals surface area contributed by atoms with Crippen LogP contribution in [0, 0.1) is 0 Å². The molecule has 0 heterocycles. The van der Waals surface area contributed by atoms with Crippen molar-refractivity contribution in [3.05, 3.63) is 42.0 Å². The predicted octanol–water partition coefficient (Wildman–Crippen LogP) is 2.34.